The molecule has 0 fully saturated rings. The molecule has 0 saturated heterocycles. The molecule has 10 heteroatoms. The zero-order valence-corrected chi connectivity index (χ0v) is 11.2. The monoisotopic (exact) mass is 311 g/mol. The molecule has 21 heavy (non-hydrogen) atoms. The Morgan fingerprint density at radius 2 is 2.00 bits per heavy atom. The van der Waals surface area contributed by atoms with Crippen LogP contribution in [0.1, 0.15) is 21.9 Å². The zero-order valence-electron chi connectivity index (χ0n) is 11.2. The summed E-state index contributed by atoms with van der Waals surface area (Å²) in [6, 6.07) is 0. The molecule has 0 aromatic carbocycles. The van der Waals surface area contributed by atoms with Crippen LogP contribution in [0.2, 0.25) is 0 Å². The normalized spacial score (nSPS) is 11.8. The van der Waals surface area contributed by atoms with Crippen LogP contribution >= 0.6 is 0 Å². The predicted octanol–water partition coefficient (Wildman–Crippen LogP) is 1.57. The Balaban J connectivity index is 2.77. The van der Waals surface area contributed by atoms with Gasteiger partial charge in [-0.2, -0.15) is 8.78 Å². The van der Waals surface area contributed by atoms with E-state index in [0.717, 1.165) is 7.11 Å². The van der Waals surface area contributed by atoms with Gasteiger partial charge in [0.2, 0.25) is 0 Å². The highest BCUT2D eigenvalue weighted by atomic mass is 19.3. The highest BCUT2D eigenvalue weighted by molar-refractivity contribution is 5.95. The molecule has 0 radical (unpaired) electrons. The van der Waals surface area contributed by atoms with Gasteiger partial charge in [0.15, 0.2) is 5.82 Å². The van der Waals surface area contributed by atoms with Gasteiger partial charge in [-0.1, -0.05) is 0 Å². The molecule has 118 valence electrons. The molecule has 1 heterocycles. The molecule has 6 nitrogen and oxygen atoms in total. The molecule has 1 aromatic heterocycles. The third kappa shape index (κ3) is 4.25. The second-order valence-electron chi connectivity index (χ2n) is 4.03. The van der Waals surface area contributed by atoms with Gasteiger partial charge in [-0.25, -0.2) is 23.5 Å². The number of nitrogens with zero attached hydrogens (tertiary/aromatic N) is 2. The number of carbonyl (C=O) groups excluding carboxylic acids is 1. The van der Waals surface area contributed by atoms with Crippen LogP contribution in [0.15, 0.2) is 0 Å². The number of hydrogen-bond donors (Lipinski definition) is 1. The zero-order chi connectivity index (χ0) is 16.2. The molecule has 0 amide bonds. The van der Waals surface area contributed by atoms with Crippen molar-refractivity contribution in [1.29, 1.82) is 0 Å². The Morgan fingerprint density at radius 3 is 2.48 bits per heavy atom. The first kappa shape index (κ1) is 17.1. The van der Waals surface area contributed by atoms with Gasteiger partial charge in [0.1, 0.15) is 24.6 Å². The van der Waals surface area contributed by atoms with Crippen molar-refractivity contribution < 1.29 is 31.8 Å². The fourth-order valence-corrected chi connectivity index (χ4v) is 1.42. The minimum atomic E-state index is -4.26. The van der Waals surface area contributed by atoms with Crippen LogP contribution in [-0.4, -0.2) is 42.0 Å². The topological polar surface area (TPSA) is 87.3 Å². The molecule has 0 atom stereocenters. The highest BCUT2D eigenvalue weighted by Crippen LogP contribution is 2.23. The van der Waals surface area contributed by atoms with Crippen molar-refractivity contribution in [2.45, 2.75) is 25.9 Å². The van der Waals surface area contributed by atoms with Crippen molar-refractivity contribution in [3.05, 3.63) is 17.1 Å². The van der Waals surface area contributed by atoms with Crippen LogP contribution in [0.3, 0.4) is 0 Å². The first-order valence-corrected chi connectivity index (χ1v) is 5.64. The van der Waals surface area contributed by atoms with Gasteiger partial charge in [-0.3, -0.25) is 0 Å². The maximum Gasteiger partial charge on any atom is 0.343 e. The van der Waals surface area contributed by atoms with E-state index < -0.39 is 31.5 Å². The number of ether oxygens (including phenoxy) is 2. The molecular formula is C11H13F4N3O3. The number of alkyl halides is 4. The third-order valence-corrected chi connectivity index (χ3v) is 2.40. The lowest BCUT2D eigenvalue weighted by Gasteiger charge is -2.15. The van der Waals surface area contributed by atoms with E-state index in [1.807, 2.05) is 0 Å². The predicted molar refractivity (Wildman–Crippen MR) is 63.1 cm³/mol. The summed E-state index contributed by atoms with van der Waals surface area (Å²) < 4.78 is 58.0. The molecule has 0 bridgehead atoms. The summed E-state index contributed by atoms with van der Waals surface area (Å²) in [6.45, 7) is -0.595. The lowest BCUT2D eigenvalue weighted by molar-refractivity contribution is -0.168. The van der Waals surface area contributed by atoms with Crippen molar-refractivity contribution in [2.75, 3.05) is 19.5 Å². The minimum absolute atomic E-state index is 0.0563. The molecule has 0 unspecified atom stereocenters. The van der Waals surface area contributed by atoms with Crippen molar-refractivity contribution in [1.82, 2.24) is 9.97 Å². The summed E-state index contributed by atoms with van der Waals surface area (Å²) in [5, 5.41) is 0. The average molecular weight is 311 g/mol. The summed E-state index contributed by atoms with van der Waals surface area (Å²) in [6.07, 6.45) is -3.83. The number of hydrogen-bond acceptors (Lipinski definition) is 6. The van der Waals surface area contributed by atoms with E-state index >= 15 is 0 Å². The molecule has 0 spiro atoms. The number of halogens is 4. The summed E-state index contributed by atoms with van der Waals surface area (Å²) in [7, 11) is 1.14. The fourth-order valence-electron chi connectivity index (χ4n) is 1.42. The van der Waals surface area contributed by atoms with Gasteiger partial charge in [-0.15, -0.1) is 0 Å². The molecule has 0 aliphatic heterocycles. The van der Waals surface area contributed by atoms with Crippen LogP contribution in [0.5, 0.6) is 0 Å². The summed E-state index contributed by atoms with van der Waals surface area (Å²) in [5.41, 5.74) is 5.63. The number of esters is 1. The number of carbonyl (C=O) groups is 1. The summed E-state index contributed by atoms with van der Waals surface area (Å²) >= 11 is 0. The lowest BCUT2D eigenvalue weighted by atomic mass is 10.2. The van der Waals surface area contributed by atoms with Gasteiger partial charge >= 0.3 is 18.3 Å². The Labute approximate surface area is 117 Å². The van der Waals surface area contributed by atoms with E-state index in [2.05, 4.69) is 19.4 Å². The third-order valence-electron chi connectivity index (χ3n) is 2.40. The van der Waals surface area contributed by atoms with E-state index in [1.165, 1.54) is 6.92 Å². The van der Waals surface area contributed by atoms with Crippen molar-refractivity contribution in [3.8, 4) is 0 Å². The largest absolute Gasteiger partial charge is 0.465 e. The van der Waals surface area contributed by atoms with Gasteiger partial charge < -0.3 is 15.2 Å². The van der Waals surface area contributed by atoms with Gasteiger partial charge in [0, 0.05) is 0 Å². The second-order valence-corrected chi connectivity index (χ2v) is 4.03. The SMILES string of the molecule is COC(=O)c1c(C)nc(COCC(F)(F)C(F)F)nc1N. The number of nitrogen functional groups attached to an aromatic ring is 1. The smallest absolute Gasteiger partial charge is 0.343 e. The number of nitrogens with two attached hydrogens (primary N) is 1. The Bertz CT molecular complexity index is 502. The number of methoxy groups -OCH3 is 1. The van der Waals surface area contributed by atoms with Gasteiger partial charge in [-0.05, 0) is 6.92 Å². The van der Waals surface area contributed by atoms with E-state index in [4.69, 9.17) is 5.73 Å². The quantitative estimate of drug-likeness (QED) is 0.634. The van der Waals surface area contributed by atoms with Gasteiger partial charge in [0.05, 0.1) is 12.8 Å². The Morgan fingerprint density at radius 1 is 1.38 bits per heavy atom. The first-order chi connectivity index (χ1) is 9.69. The molecule has 0 aliphatic rings. The van der Waals surface area contributed by atoms with Crippen LogP contribution < -0.4 is 5.73 Å². The number of aryl methyl sites for hydroxylation is 1. The molecule has 0 saturated carbocycles. The lowest BCUT2D eigenvalue weighted by Crippen LogP contribution is -2.32. The molecule has 0 aliphatic carbocycles. The summed E-state index contributed by atoms with van der Waals surface area (Å²) in [5.74, 6) is -5.33. The molecule has 1 aromatic rings. The van der Waals surface area contributed by atoms with Crippen molar-refractivity contribution >= 4 is 11.8 Å². The van der Waals surface area contributed by atoms with Crippen LogP contribution in [0, 0.1) is 6.92 Å². The molecule has 2 N–H and O–H groups in total. The number of anilines is 1. The summed E-state index contributed by atoms with van der Waals surface area (Å²) in [4.78, 5) is 18.9. The number of rotatable bonds is 6. The van der Waals surface area contributed by atoms with Crippen LogP contribution in [0.25, 0.3) is 0 Å². The maximum atomic E-state index is 12.6. The Kier molecular flexibility index (Phi) is 5.41. The van der Waals surface area contributed by atoms with E-state index in [9.17, 15) is 22.4 Å². The first-order valence-electron chi connectivity index (χ1n) is 5.64. The molecular weight excluding hydrogens is 298 g/mol. The number of aromatic nitrogens is 2. The van der Waals surface area contributed by atoms with Crippen molar-refractivity contribution in [3.63, 3.8) is 0 Å². The van der Waals surface area contributed by atoms with E-state index in [0.29, 0.717) is 0 Å². The highest BCUT2D eigenvalue weighted by Gasteiger charge is 2.41. The minimum Gasteiger partial charge on any atom is -0.465 e. The Hall–Kier alpha value is -1.97. The fraction of sp³-hybridized carbons (Fsp3) is 0.545. The standard InChI is InChI=1S/C11H13F4N3O3/c1-5-7(9(19)20-2)8(16)18-6(17-5)3-21-4-11(14,15)10(12)13/h10H,3-4H2,1-2H3,(H2,16,17,18). The van der Waals surface area contributed by atoms with Gasteiger partial charge in [0.25, 0.3) is 0 Å². The average Bonchev–Trinajstić information content (AvgIpc) is 2.37. The maximum absolute atomic E-state index is 12.6. The van der Waals surface area contributed by atoms with E-state index in [-0.39, 0.29) is 22.9 Å². The molecule has 1 rings (SSSR count). The second kappa shape index (κ2) is 6.66. The van der Waals surface area contributed by atoms with Crippen LogP contribution in [-0.2, 0) is 16.1 Å². The van der Waals surface area contributed by atoms with E-state index in [1.54, 1.807) is 0 Å². The van der Waals surface area contributed by atoms with Crippen LogP contribution in [0.4, 0.5) is 23.4 Å². The van der Waals surface area contributed by atoms with Crippen molar-refractivity contribution in [2.24, 2.45) is 0 Å².